The van der Waals surface area contributed by atoms with E-state index in [9.17, 15) is 0 Å². The highest BCUT2D eigenvalue weighted by Gasteiger charge is 2.23. The van der Waals surface area contributed by atoms with Gasteiger partial charge in [-0.1, -0.05) is 29.4 Å². The van der Waals surface area contributed by atoms with E-state index in [4.69, 9.17) is 18.7 Å². The maximum absolute atomic E-state index is 5.55. The molecular weight excluding hydrogens is 362 g/mol. The highest BCUT2D eigenvalue weighted by atomic mass is 16.7. The summed E-state index contributed by atoms with van der Waals surface area (Å²) in [4.78, 5) is 0. The van der Waals surface area contributed by atoms with E-state index in [1.165, 1.54) is 0 Å². The van der Waals surface area contributed by atoms with E-state index in [2.05, 4.69) is 20.7 Å². The van der Waals surface area contributed by atoms with Crippen LogP contribution < -0.4 is 14.2 Å². The first-order valence-electron chi connectivity index (χ1n) is 8.50. The number of benzene rings is 2. The molecule has 3 heterocycles. The molecular formula is C19H15N5O4. The van der Waals surface area contributed by atoms with Crippen molar-refractivity contribution in [3.05, 3.63) is 42.6 Å². The zero-order chi connectivity index (χ0) is 19.1. The number of methoxy groups -OCH3 is 1. The Morgan fingerprint density at radius 3 is 2.61 bits per heavy atom. The van der Waals surface area contributed by atoms with Gasteiger partial charge in [-0.3, -0.25) is 0 Å². The number of fused-ring (bicyclic) bond motifs is 1. The molecule has 2 aromatic carbocycles. The molecule has 4 aromatic rings. The minimum Gasteiger partial charge on any atom is -0.493 e. The third-order valence-corrected chi connectivity index (χ3v) is 4.57. The Morgan fingerprint density at radius 2 is 1.86 bits per heavy atom. The van der Waals surface area contributed by atoms with Crippen LogP contribution in [0.4, 0.5) is 0 Å². The van der Waals surface area contributed by atoms with Crippen molar-refractivity contribution < 1.29 is 18.7 Å². The van der Waals surface area contributed by atoms with E-state index in [0.717, 1.165) is 22.3 Å². The normalized spacial score (nSPS) is 12.4. The molecule has 0 fully saturated rings. The lowest BCUT2D eigenvalue weighted by Crippen LogP contribution is -1.94. The van der Waals surface area contributed by atoms with E-state index >= 15 is 0 Å². The first-order valence-corrected chi connectivity index (χ1v) is 8.50. The van der Waals surface area contributed by atoms with Gasteiger partial charge in [0.05, 0.1) is 13.3 Å². The number of aryl methyl sites for hydroxylation is 1. The highest BCUT2D eigenvalue weighted by Crippen LogP contribution is 2.45. The Hall–Kier alpha value is -3.88. The van der Waals surface area contributed by atoms with Gasteiger partial charge in [-0.05, 0) is 28.1 Å². The summed E-state index contributed by atoms with van der Waals surface area (Å²) in [5.41, 5.74) is 3.50. The van der Waals surface area contributed by atoms with Crippen LogP contribution in [0.15, 0.2) is 47.1 Å². The number of aromatic nitrogens is 5. The van der Waals surface area contributed by atoms with Crippen LogP contribution in [0.25, 0.3) is 33.8 Å². The summed E-state index contributed by atoms with van der Waals surface area (Å²) in [5.74, 6) is 3.09. The molecule has 0 aliphatic carbocycles. The Kier molecular flexibility index (Phi) is 3.71. The van der Waals surface area contributed by atoms with E-state index in [1.807, 2.05) is 36.4 Å². The largest absolute Gasteiger partial charge is 0.493 e. The molecule has 28 heavy (non-hydrogen) atoms. The smallest absolute Gasteiger partial charge is 0.231 e. The van der Waals surface area contributed by atoms with Gasteiger partial charge in [-0.2, -0.15) is 0 Å². The van der Waals surface area contributed by atoms with Crippen LogP contribution in [0.1, 0.15) is 0 Å². The molecule has 0 spiro atoms. The summed E-state index contributed by atoms with van der Waals surface area (Å²) >= 11 is 0. The monoisotopic (exact) mass is 377 g/mol. The molecule has 1 aliphatic rings. The van der Waals surface area contributed by atoms with Gasteiger partial charge in [0.1, 0.15) is 0 Å². The summed E-state index contributed by atoms with van der Waals surface area (Å²) in [6.45, 7) is 0.163. The van der Waals surface area contributed by atoms with Crippen LogP contribution in [-0.2, 0) is 7.05 Å². The molecule has 0 saturated carbocycles. The first kappa shape index (κ1) is 16.3. The number of nitrogens with zero attached hydrogens (tertiary/aromatic N) is 5. The second-order valence-electron chi connectivity index (χ2n) is 6.18. The quantitative estimate of drug-likeness (QED) is 0.535. The van der Waals surface area contributed by atoms with Gasteiger partial charge in [0.15, 0.2) is 23.1 Å². The second kappa shape index (κ2) is 6.38. The third-order valence-electron chi connectivity index (χ3n) is 4.57. The fraction of sp³-hybridized carbons (Fsp3) is 0.158. The zero-order valence-electron chi connectivity index (χ0n) is 15.1. The van der Waals surface area contributed by atoms with Crippen LogP contribution in [0.3, 0.4) is 0 Å². The van der Waals surface area contributed by atoms with Gasteiger partial charge >= 0.3 is 0 Å². The molecule has 0 N–H and O–H groups in total. The van der Waals surface area contributed by atoms with Gasteiger partial charge in [-0.25, -0.2) is 4.68 Å². The second-order valence-corrected chi connectivity index (χ2v) is 6.18. The number of hydrogen-bond donors (Lipinski definition) is 0. The maximum atomic E-state index is 5.55. The van der Waals surface area contributed by atoms with E-state index in [-0.39, 0.29) is 6.79 Å². The zero-order valence-corrected chi connectivity index (χ0v) is 15.1. The van der Waals surface area contributed by atoms with Crippen molar-refractivity contribution in [2.24, 2.45) is 7.05 Å². The van der Waals surface area contributed by atoms with Crippen LogP contribution in [0.2, 0.25) is 0 Å². The summed E-state index contributed by atoms with van der Waals surface area (Å²) in [6, 6.07) is 11.6. The Labute approximate surface area is 159 Å². The van der Waals surface area contributed by atoms with Gasteiger partial charge in [-0.15, -0.1) is 5.10 Å². The van der Waals surface area contributed by atoms with Crippen molar-refractivity contribution in [3.8, 4) is 51.1 Å². The Bertz CT molecular complexity index is 1150. The number of rotatable bonds is 4. The van der Waals surface area contributed by atoms with Crippen molar-refractivity contribution >= 4 is 0 Å². The summed E-state index contributed by atoms with van der Waals surface area (Å²) < 4.78 is 23.6. The van der Waals surface area contributed by atoms with Gasteiger partial charge in [0.2, 0.25) is 12.5 Å². The molecule has 140 valence electrons. The lowest BCUT2D eigenvalue weighted by atomic mass is 10.0. The topological polar surface area (TPSA) is 97.3 Å². The third kappa shape index (κ3) is 2.56. The molecule has 0 unspecified atom stereocenters. The summed E-state index contributed by atoms with van der Waals surface area (Å²) in [6.07, 6.45) is 1.69. The highest BCUT2D eigenvalue weighted by molar-refractivity contribution is 5.82. The predicted octanol–water partition coefficient (Wildman–Crippen LogP) is 2.94. The predicted molar refractivity (Wildman–Crippen MR) is 97.8 cm³/mol. The van der Waals surface area contributed by atoms with Crippen LogP contribution in [-0.4, -0.2) is 39.3 Å². The number of hydrogen-bond acceptors (Lipinski definition) is 8. The molecule has 9 nitrogen and oxygen atoms in total. The minimum atomic E-state index is 0.163. The maximum Gasteiger partial charge on any atom is 0.231 e. The van der Waals surface area contributed by atoms with Crippen LogP contribution in [0, 0.1) is 0 Å². The van der Waals surface area contributed by atoms with Crippen molar-refractivity contribution in [2.45, 2.75) is 0 Å². The fourth-order valence-corrected chi connectivity index (χ4v) is 3.19. The Morgan fingerprint density at radius 1 is 1.04 bits per heavy atom. The van der Waals surface area contributed by atoms with Crippen molar-refractivity contribution in [1.29, 1.82) is 0 Å². The fourth-order valence-electron chi connectivity index (χ4n) is 3.19. The SMILES string of the molecule is COc1cc(-c2oncc2-c2ccc(-c3nnnn3C)cc2)cc2c1OCO2. The van der Waals surface area contributed by atoms with Crippen molar-refractivity contribution in [3.63, 3.8) is 0 Å². The van der Waals surface area contributed by atoms with Gasteiger partial charge < -0.3 is 18.7 Å². The molecule has 1 aliphatic heterocycles. The molecule has 0 saturated heterocycles. The van der Waals surface area contributed by atoms with E-state index in [1.54, 1.807) is 25.0 Å². The molecule has 9 heteroatoms. The van der Waals surface area contributed by atoms with Crippen LogP contribution >= 0.6 is 0 Å². The summed E-state index contributed by atoms with van der Waals surface area (Å²) in [5, 5.41) is 15.5. The van der Waals surface area contributed by atoms with E-state index in [0.29, 0.717) is 28.8 Å². The van der Waals surface area contributed by atoms with Crippen molar-refractivity contribution in [1.82, 2.24) is 25.4 Å². The van der Waals surface area contributed by atoms with Gasteiger partial charge in [0.25, 0.3) is 0 Å². The molecule has 0 bridgehead atoms. The van der Waals surface area contributed by atoms with Crippen LogP contribution in [0.5, 0.6) is 17.2 Å². The van der Waals surface area contributed by atoms with Crippen molar-refractivity contribution in [2.75, 3.05) is 13.9 Å². The van der Waals surface area contributed by atoms with Gasteiger partial charge in [0, 0.05) is 23.7 Å². The molecule has 0 atom stereocenters. The standard InChI is InChI=1S/C19H15N5O4/c1-24-19(21-22-23-24)12-5-3-11(4-6-12)14-9-20-28-17(14)13-7-15(25-2)18-16(8-13)26-10-27-18/h3-9H,10H2,1-2H3. The molecule has 0 radical (unpaired) electrons. The minimum absolute atomic E-state index is 0.163. The lowest BCUT2D eigenvalue weighted by molar-refractivity contribution is 0.171. The molecule has 0 amide bonds. The average molecular weight is 377 g/mol. The number of ether oxygens (including phenoxy) is 3. The Balaban J connectivity index is 1.55. The summed E-state index contributed by atoms with van der Waals surface area (Å²) in [7, 11) is 3.39. The lowest BCUT2D eigenvalue weighted by Gasteiger charge is -2.08. The van der Waals surface area contributed by atoms with E-state index < -0.39 is 0 Å². The average Bonchev–Trinajstić information content (AvgIpc) is 3.47. The molecule has 5 rings (SSSR count). The first-order chi connectivity index (χ1) is 13.7. The number of tetrazole rings is 1. The molecule has 2 aromatic heterocycles.